The predicted octanol–water partition coefficient (Wildman–Crippen LogP) is 4.56. The number of thioether (sulfide) groups is 1. The van der Waals surface area contributed by atoms with E-state index in [0.29, 0.717) is 12.2 Å². The van der Waals surface area contributed by atoms with E-state index in [9.17, 15) is 9.59 Å². The summed E-state index contributed by atoms with van der Waals surface area (Å²) in [7, 11) is 0. The molecule has 162 valence electrons. The molecule has 1 aliphatic rings. The number of carbonyl (C=O) groups is 1. The Morgan fingerprint density at radius 2 is 2.09 bits per heavy atom. The molecule has 0 saturated heterocycles. The molecular formula is C24H22N4O2S2. The smallest absolute Gasteiger partial charge is 0.257 e. The molecule has 1 amide bonds. The molecule has 1 atom stereocenters. The summed E-state index contributed by atoms with van der Waals surface area (Å²) in [4.78, 5) is 36.1. The number of amides is 1. The van der Waals surface area contributed by atoms with Gasteiger partial charge in [-0.25, -0.2) is 4.98 Å². The van der Waals surface area contributed by atoms with Crippen LogP contribution in [0.3, 0.4) is 0 Å². The number of nitrogens with one attached hydrogen (secondary N) is 2. The molecule has 0 unspecified atom stereocenters. The molecule has 0 radical (unpaired) electrons. The highest BCUT2D eigenvalue weighted by Crippen LogP contribution is 2.45. The van der Waals surface area contributed by atoms with Crippen LogP contribution >= 0.6 is 23.1 Å². The standard InChI is InChI=1S/C24H22N4O2S2/c1-14-12-25-22(27-14)13-26-24(30)23-17-11-21(20-8-5-9-31-20)32-19-7-4-3-6-16(19)28(17)15(2)10-18(23)29/h3-10,12,21H,11,13H2,1-2H3,(H,25,27)(H,26,30)/t21-/m1/s1. The van der Waals surface area contributed by atoms with Gasteiger partial charge in [0.1, 0.15) is 11.4 Å². The SMILES string of the molecule is Cc1cnc(CNC(=O)c2c3n(c(C)cc2=O)-c2ccccc2S[C@@H](c2cccs2)C3)[nH]1. The number of carbonyl (C=O) groups excluding carboxylic acids is 1. The Morgan fingerprint density at radius 1 is 1.25 bits per heavy atom. The van der Waals surface area contributed by atoms with E-state index in [1.54, 1.807) is 35.4 Å². The van der Waals surface area contributed by atoms with Crippen LogP contribution in [0, 0.1) is 13.8 Å². The average molecular weight is 463 g/mol. The number of nitrogens with zero attached hydrogens (tertiary/aromatic N) is 2. The highest BCUT2D eigenvalue weighted by Gasteiger charge is 2.29. The number of hydrogen-bond acceptors (Lipinski definition) is 5. The maximum Gasteiger partial charge on any atom is 0.257 e. The number of aromatic nitrogens is 3. The first kappa shape index (κ1) is 20.8. The van der Waals surface area contributed by atoms with Crippen molar-refractivity contribution < 1.29 is 4.79 Å². The maximum absolute atomic E-state index is 13.3. The number of benzene rings is 1. The van der Waals surface area contributed by atoms with E-state index in [-0.39, 0.29) is 28.7 Å². The number of hydrogen-bond donors (Lipinski definition) is 2. The molecule has 4 heterocycles. The molecule has 0 aliphatic carbocycles. The lowest BCUT2D eigenvalue weighted by Gasteiger charge is -2.19. The van der Waals surface area contributed by atoms with Crippen molar-refractivity contribution in [2.24, 2.45) is 0 Å². The highest BCUT2D eigenvalue weighted by atomic mass is 32.2. The van der Waals surface area contributed by atoms with Gasteiger partial charge in [0.05, 0.1) is 12.2 Å². The number of fused-ring (bicyclic) bond motifs is 3. The number of aryl methyl sites for hydroxylation is 2. The molecule has 2 N–H and O–H groups in total. The fourth-order valence-corrected chi connectivity index (χ4v) is 6.32. The normalized spacial score (nSPS) is 15.0. The number of rotatable bonds is 4. The molecule has 6 nitrogen and oxygen atoms in total. The lowest BCUT2D eigenvalue weighted by molar-refractivity contribution is 0.0947. The van der Waals surface area contributed by atoms with Crippen molar-refractivity contribution in [2.75, 3.05) is 0 Å². The number of para-hydroxylation sites is 1. The lowest BCUT2D eigenvalue weighted by Crippen LogP contribution is -2.32. The third-order valence-electron chi connectivity index (χ3n) is 5.51. The van der Waals surface area contributed by atoms with Gasteiger partial charge in [-0.15, -0.1) is 23.1 Å². The topological polar surface area (TPSA) is 79.8 Å². The summed E-state index contributed by atoms with van der Waals surface area (Å²) in [6, 6.07) is 13.9. The van der Waals surface area contributed by atoms with Gasteiger partial charge in [0.2, 0.25) is 0 Å². The van der Waals surface area contributed by atoms with E-state index in [1.807, 2.05) is 38.1 Å². The van der Waals surface area contributed by atoms with E-state index < -0.39 is 0 Å². The molecule has 1 aliphatic heterocycles. The van der Waals surface area contributed by atoms with Gasteiger partial charge in [-0.3, -0.25) is 9.59 Å². The van der Waals surface area contributed by atoms with Gasteiger partial charge < -0.3 is 14.9 Å². The largest absolute Gasteiger partial charge is 0.345 e. The summed E-state index contributed by atoms with van der Waals surface area (Å²) in [5.74, 6) is 0.286. The molecule has 4 aromatic rings. The first-order valence-electron chi connectivity index (χ1n) is 10.3. The van der Waals surface area contributed by atoms with Crippen LogP contribution in [0.1, 0.15) is 43.4 Å². The molecule has 32 heavy (non-hydrogen) atoms. The van der Waals surface area contributed by atoms with Crippen LogP contribution in [0.2, 0.25) is 0 Å². The zero-order valence-electron chi connectivity index (χ0n) is 17.7. The van der Waals surface area contributed by atoms with Crippen molar-refractivity contribution in [1.82, 2.24) is 19.9 Å². The maximum atomic E-state index is 13.3. The summed E-state index contributed by atoms with van der Waals surface area (Å²) in [6.45, 7) is 4.06. The number of aromatic amines is 1. The molecule has 1 aromatic carbocycles. The fourth-order valence-electron chi connectivity index (χ4n) is 4.12. The Kier molecular flexibility index (Phi) is 5.48. The van der Waals surface area contributed by atoms with Gasteiger partial charge in [0.25, 0.3) is 5.91 Å². The summed E-state index contributed by atoms with van der Waals surface area (Å²) in [5.41, 5.74) is 3.45. The number of pyridine rings is 1. The minimum absolute atomic E-state index is 0.116. The van der Waals surface area contributed by atoms with Crippen LogP contribution in [0.25, 0.3) is 5.69 Å². The number of imidazole rings is 1. The Balaban J connectivity index is 1.62. The second-order valence-electron chi connectivity index (χ2n) is 7.80. The third kappa shape index (κ3) is 3.80. The van der Waals surface area contributed by atoms with E-state index in [1.165, 1.54) is 4.88 Å². The quantitative estimate of drug-likeness (QED) is 0.466. The van der Waals surface area contributed by atoms with Crippen molar-refractivity contribution >= 4 is 29.0 Å². The average Bonchev–Trinajstić information content (AvgIpc) is 3.41. The molecule has 0 saturated carbocycles. The number of thiophene rings is 1. The van der Waals surface area contributed by atoms with Gasteiger partial charge in [0, 0.05) is 50.8 Å². The lowest BCUT2D eigenvalue weighted by atomic mass is 10.0. The first-order valence-corrected chi connectivity index (χ1v) is 12.1. The van der Waals surface area contributed by atoms with Crippen molar-refractivity contribution in [3.63, 3.8) is 0 Å². The van der Waals surface area contributed by atoms with E-state index in [4.69, 9.17) is 0 Å². The van der Waals surface area contributed by atoms with Crippen LogP contribution in [-0.2, 0) is 13.0 Å². The molecule has 3 aromatic heterocycles. The zero-order chi connectivity index (χ0) is 22.2. The Hall–Kier alpha value is -3.10. The van der Waals surface area contributed by atoms with Gasteiger partial charge >= 0.3 is 0 Å². The first-order chi connectivity index (χ1) is 15.5. The van der Waals surface area contributed by atoms with Crippen molar-refractivity contribution in [2.45, 2.75) is 37.0 Å². The predicted molar refractivity (Wildman–Crippen MR) is 128 cm³/mol. The minimum atomic E-state index is -0.373. The van der Waals surface area contributed by atoms with Gasteiger partial charge in [-0.1, -0.05) is 18.2 Å². The van der Waals surface area contributed by atoms with Crippen LogP contribution in [0.4, 0.5) is 0 Å². The minimum Gasteiger partial charge on any atom is -0.345 e. The van der Waals surface area contributed by atoms with Crippen LogP contribution < -0.4 is 10.7 Å². The molecule has 8 heteroatoms. The van der Waals surface area contributed by atoms with Crippen molar-refractivity contribution in [3.8, 4) is 5.69 Å². The Labute approximate surface area is 193 Å². The molecule has 0 spiro atoms. The molecule has 0 bridgehead atoms. The van der Waals surface area contributed by atoms with Gasteiger partial charge in [0.15, 0.2) is 5.43 Å². The summed E-state index contributed by atoms with van der Waals surface area (Å²) >= 11 is 3.48. The Bertz CT molecular complexity index is 1350. The van der Waals surface area contributed by atoms with Gasteiger partial charge in [-0.05, 0) is 37.4 Å². The molecule has 5 rings (SSSR count). The van der Waals surface area contributed by atoms with Crippen LogP contribution in [0.15, 0.2) is 63.7 Å². The van der Waals surface area contributed by atoms with Gasteiger partial charge in [-0.2, -0.15) is 0 Å². The molecular weight excluding hydrogens is 440 g/mol. The van der Waals surface area contributed by atoms with E-state index >= 15 is 0 Å². The summed E-state index contributed by atoms with van der Waals surface area (Å²) in [6.07, 6.45) is 2.30. The monoisotopic (exact) mass is 462 g/mol. The van der Waals surface area contributed by atoms with Crippen molar-refractivity contribution in [3.05, 3.63) is 97.6 Å². The third-order valence-corrected chi connectivity index (χ3v) is 7.95. The zero-order valence-corrected chi connectivity index (χ0v) is 19.3. The number of H-pyrrole nitrogens is 1. The second-order valence-corrected chi connectivity index (χ2v) is 10.0. The summed E-state index contributed by atoms with van der Waals surface area (Å²) < 4.78 is 2.07. The molecule has 0 fully saturated rings. The van der Waals surface area contributed by atoms with Crippen LogP contribution in [0.5, 0.6) is 0 Å². The van der Waals surface area contributed by atoms with E-state index in [0.717, 1.165) is 27.7 Å². The fraction of sp³-hybridized carbons (Fsp3) is 0.208. The van der Waals surface area contributed by atoms with Crippen LogP contribution in [-0.4, -0.2) is 20.4 Å². The highest BCUT2D eigenvalue weighted by molar-refractivity contribution is 7.99. The summed E-state index contributed by atoms with van der Waals surface area (Å²) in [5, 5.41) is 5.06. The second kappa shape index (κ2) is 8.44. The van der Waals surface area contributed by atoms with E-state index in [2.05, 4.69) is 37.4 Å². The van der Waals surface area contributed by atoms with Crippen molar-refractivity contribution in [1.29, 1.82) is 0 Å². The Morgan fingerprint density at radius 3 is 2.84 bits per heavy atom.